The maximum absolute atomic E-state index is 9.01. The van der Waals surface area contributed by atoms with Crippen molar-refractivity contribution >= 4 is 16.6 Å². The molecule has 3 aromatic carbocycles. The number of benzene rings is 3. The van der Waals surface area contributed by atoms with Crippen LogP contribution in [0.5, 0.6) is 0 Å². The van der Waals surface area contributed by atoms with E-state index in [1.54, 1.807) is 0 Å². The zero-order valence-electron chi connectivity index (χ0n) is 13.2. The lowest BCUT2D eigenvalue weighted by atomic mass is 10.2. The largest absolute Gasteiger partial charge is 0.238 e. The Bertz CT molecular complexity index is 863. The fourth-order valence-electron chi connectivity index (χ4n) is 2.40. The first-order valence-corrected chi connectivity index (χ1v) is 8.70. The Labute approximate surface area is 149 Å². The van der Waals surface area contributed by atoms with Gasteiger partial charge in [0.1, 0.15) is 0 Å². The highest BCUT2D eigenvalue weighted by Gasteiger charge is 2.28. The molecule has 0 fully saturated rings. The van der Waals surface area contributed by atoms with Gasteiger partial charge in [0.05, 0.1) is 40.7 Å². The van der Waals surface area contributed by atoms with Crippen molar-refractivity contribution in [1.29, 1.82) is 10.5 Å². The molecule has 0 unspecified atom stereocenters. The second kappa shape index (κ2) is 7.37. The number of hydrogen-bond acceptors (Lipinski definition) is 2. The van der Waals surface area contributed by atoms with Crippen LogP contribution in [0.4, 0.5) is 5.69 Å². The molecule has 3 rings (SSSR count). The van der Waals surface area contributed by atoms with E-state index in [2.05, 4.69) is 17.0 Å². The van der Waals surface area contributed by atoms with E-state index in [1.807, 2.05) is 72.8 Å². The molecule has 0 heterocycles. The second-order valence-electron chi connectivity index (χ2n) is 5.18. The van der Waals surface area contributed by atoms with Crippen molar-refractivity contribution < 1.29 is 0 Å². The van der Waals surface area contributed by atoms with Gasteiger partial charge in [-0.3, -0.25) is 0 Å². The molecular formula is C21H12N3S+. The van der Waals surface area contributed by atoms with E-state index in [1.165, 1.54) is 0 Å². The maximum Gasteiger partial charge on any atom is 0.187 e. The highest BCUT2D eigenvalue weighted by Crippen LogP contribution is 2.32. The van der Waals surface area contributed by atoms with Gasteiger partial charge in [-0.1, -0.05) is 12.1 Å². The number of nitrogens with zero attached hydrogens (tertiary/aromatic N) is 3. The maximum atomic E-state index is 9.01. The number of rotatable bonds is 3. The summed E-state index contributed by atoms with van der Waals surface area (Å²) in [6.07, 6.45) is 0. The van der Waals surface area contributed by atoms with Gasteiger partial charge < -0.3 is 0 Å². The minimum absolute atomic E-state index is 0.367. The summed E-state index contributed by atoms with van der Waals surface area (Å²) in [6.45, 7) is 7.11. The van der Waals surface area contributed by atoms with E-state index in [0.29, 0.717) is 16.8 Å². The molecule has 0 aromatic heterocycles. The van der Waals surface area contributed by atoms with Crippen LogP contribution in [0.1, 0.15) is 11.1 Å². The minimum Gasteiger partial charge on any atom is -0.238 e. The van der Waals surface area contributed by atoms with Crippen LogP contribution in [0, 0.1) is 29.2 Å². The predicted molar refractivity (Wildman–Crippen MR) is 97.2 cm³/mol. The molecule has 4 heteroatoms. The molecule has 0 N–H and O–H groups in total. The van der Waals surface area contributed by atoms with E-state index in [-0.39, 0.29) is 10.9 Å². The van der Waals surface area contributed by atoms with Crippen molar-refractivity contribution in [3.8, 4) is 12.1 Å². The van der Waals surface area contributed by atoms with Gasteiger partial charge in [-0.2, -0.15) is 10.5 Å². The van der Waals surface area contributed by atoms with E-state index in [0.717, 1.165) is 14.7 Å². The van der Waals surface area contributed by atoms with Crippen molar-refractivity contribution in [2.45, 2.75) is 14.7 Å². The summed E-state index contributed by atoms with van der Waals surface area (Å²) < 4.78 is 0. The summed E-state index contributed by atoms with van der Waals surface area (Å²) in [6, 6.07) is 26.9. The topological polar surface area (TPSA) is 51.9 Å². The Morgan fingerprint density at radius 3 is 1.32 bits per heavy atom. The normalized spacial score (nSPS) is 9.84. The van der Waals surface area contributed by atoms with E-state index < -0.39 is 0 Å². The van der Waals surface area contributed by atoms with Crippen molar-refractivity contribution in [2.75, 3.05) is 0 Å². The van der Waals surface area contributed by atoms with Crippen LogP contribution in [-0.4, -0.2) is 0 Å². The zero-order valence-corrected chi connectivity index (χ0v) is 14.0. The van der Waals surface area contributed by atoms with Crippen molar-refractivity contribution in [1.82, 2.24) is 0 Å². The van der Waals surface area contributed by atoms with Gasteiger partial charge in [-0.15, -0.1) is 0 Å². The van der Waals surface area contributed by atoms with Gasteiger partial charge in [0.25, 0.3) is 0 Å². The average molecular weight is 338 g/mol. The van der Waals surface area contributed by atoms with E-state index in [4.69, 9.17) is 17.1 Å². The molecule has 0 bridgehead atoms. The highest BCUT2D eigenvalue weighted by molar-refractivity contribution is 7.97. The molecule has 116 valence electrons. The first kappa shape index (κ1) is 16.3. The van der Waals surface area contributed by atoms with Gasteiger partial charge in [0, 0.05) is 0 Å². The molecule has 3 nitrogen and oxygen atoms in total. The molecule has 0 spiro atoms. The third kappa shape index (κ3) is 3.54. The lowest BCUT2D eigenvalue weighted by Gasteiger charge is -2.08. The summed E-state index contributed by atoms with van der Waals surface area (Å²) >= 11 is 0. The van der Waals surface area contributed by atoms with Gasteiger partial charge in [-0.25, -0.2) is 4.85 Å². The molecule has 0 radical (unpaired) electrons. The molecule has 0 aliphatic carbocycles. The van der Waals surface area contributed by atoms with Crippen LogP contribution >= 0.6 is 0 Å². The minimum atomic E-state index is -0.367. The predicted octanol–water partition coefficient (Wildman–Crippen LogP) is 5.08. The van der Waals surface area contributed by atoms with Crippen molar-refractivity contribution in [3.63, 3.8) is 0 Å². The highest BCUT2D eigenvalue weighted by atomic mass is 32.2. The molecule has 0 amide bonds. The summed E-state index contributed by atoms with van der Waals surface area (Å²) in [5, 5.41) is 18.0. The van der Waals surface area contributed by atoms with Crippen LogP contribution in [0.3, 0.4) is 0 Å². The molecule has 0 saturated heterocycles. The average Bonchev–Trinajstić information content (AvgIpc) is 2.70. The van der Waals surface area contributed by atoms with Crippen molar-refractivity contribution in [3.05, 3.63) is 95.3 Å². The molecular weight excluding hydrogens is 326 g/mol. The Morgan fingerprint density at radius 2 is 1.00 bits per heavy atom. The molecule has 0 saturated carbocycles. The second-order valence-corrected chi connectivity index (χ2v) is 7.21. The quantitative estimate of drug-likeness (QED) is 0.494. The Kier molecular flexibility index (Phi) is 4.82. The lowest BCUT2D eigenvalue weighted by Crippen LogP contribution is -2.04. The smallest absolute Gasteiger partial charge is 0.187 e. The van der Waals surface area contributed by atoms with E-state index >= 15 is 0 Å². The van der Waals surface area contributed by atoms with Gasteiger partial charge in [0.2, 0.25) is 0 Å². The standard InChI is InChI=1S/C21H12N3S/c1-24-18-6-12-21(13-7-18)25(19-8-2-16(14-22)3-9-19)20-10-4-17(15-23)5-11-20/h2-13H/q+1. The van der Waals surface area contributed by atoms with Crippen molar-refractivity contribution in [2.24, 2.45) is 0 Å². The number of nitriles is 2. The van der Waals surface area contributed by atoms with E-state index in [9.17, 15) is 0 Å². The number of hydrogen-bond donors (Lipinski definition) is 0. The summed E-state index contributed by atoms with van der Waals surface area (Å²) in [7, 11) is -0.367. The Balaban J connectivity index is 2.10. The third-order valence-electron chi connectivity index (χ3n) is 3.64. The lowest BCUT2D eigenvalue weighted by molar-refractivity contribution is 1.31. The van der Waals surface area contributed by atoms with Gasteiger partial charge in [-0.05, 0) is 60.7 Å². The van der Waals surface area contributed by atoms with Crippen LogP contribution in [0.15, 0.2) is 87.5 Å². The fourth-order valence-corrected chi connectivity index (χ4v) is 4.44. The SMILES string of the molecule is [C-]#[N+]c1ccc([S+](c2ccc(C#N)cc2)c2ccc(C#N)cc2)cc1. The van der Waals surface area contributed by atoms with Crippen LogP contribution < -0.4 is 0 Å². The monoisotopic (exact) mass is 338 g/mol. The summed E-state index contributed by atoms with van der Waals surface area (Å²) in [5.41, 5.74) is 1.85. The molecule has 0 atom stereocenters. The Hall–Kier alpha value is -3.52. The van der Waals surface area contributed by atoms with Gasteiger partial charge in [0.15, 0.2) is 20.4 Å². The summed E-state index contributed by atoms with van der Waals surface area (Å²) in [4.78, 5) is 6.69. The summed E-state index contributed by atoms with van der Waals surface area (Å²) in [5.74, 6) is 0. The third-order valence-corrected chi connectivity index (χ3v) is 5.87. The van der Waals surface area contributed by atoms with Gasteiger partial charge >= 0.3 is 0 Å². The molecule has 3 aromatic rings. The van der Waals surface area contributed by atoms with Crippen LogP contribution in [-0.2, 0) is 10.9 Å². The Morgan fingerprint density at radius 1 is 0.640 bits per heavy atom. The fraction of sp³-hybridized carbons (Fsp3) is 0. The molecule has 0 aliphatic rings. The van der Waals surface area contributed by atoms with Crippen LogP contribution in [0.25, 0.3) is 4.85 Å². The van der Waals surface area contributed by atoms with Crippen LogP contribution in [0.2, 0.25) is 0 Å². The first-order chi connectivity index (χ1) is 12.2. The molecule has 25 heavy (non-hydrogen) atoms. The first-order valence-electron chi connectivity index (χ1n) is 7.47. The zero-order chi connectivity index (χ0) is 17.6. The molecule has 0 aliphatic heterocycles.